The maximum Gasteiger partial charge on any atom is 0.337 e. The number of allylic oxidation sites excluding steroid dienone is 1. The summed E-state index contributed by atoms with van der Waals surface area (Å²) in [7, 11) is 2.12. The molecule has 0 radical (unpaired) electrons. The van der Waals surface area contributed by atoms with Crippen LogP contribution in [0.15, 0.2) is 12.7 Å². The van der Waals surface area contributed by atoms with Crippen LogP contribution in [0.25, 0.3) is 0 Å². The second kappa shape index (κ2) is 4.16. The molecule has 2 nitrogen and oxygen atoms in total. The molecular formula is C12H22NO+. The SMILES string of the molecule is C=CCCC1=[N+](C)C(C)(C)CC(C)O1. The first-order chi connectivity index (χ1) is 6.47. The first-order valence-electron chi connectivity index (χ1n) is 5.34. The predicted molar refractivity (Wildman–Crippen MR) is 59.9 cm³/mol. The Labute approximate surface area is 87.3 Å². The zero-order chi connectivity index (χ0) is 10.8. The zero-order valence-corrected chi connectivity index (χ0v) is 9.84. The van der Waals surface area contributed by atoms with Crippen LogP contribution in [-0.2, 0) is 4.74 Å². The molecule has 14 heavy (non-hydrogen) atoms. The lowest BCUT2D eigenvalue weighted by atomic mass is 9.95. The largest absolute Gasteiger partial charge is 0.445 e. The molecule has 0 amide bonds. The molecule has 0 bridgehead atoms. The third-order valence-electron chi connectivity index (χ3n) is 2.97. The van der Waals surface area contributed by atoms with Gasteiger partial charge in [0.1, 0.15) is 13.2 Å². The molecule has 1 rings (SSSR count). The highest BCUT2D eigenvalue weighted by molar-refractivity contribution is 5.71. The fourth-order valence-corrected chi connectivity index (χ4v) is 1.98. The molecule has 0 aromatic heterocycles. The fraction of sp³-hybridized carbons (Fsp3) is 0.750. The van der Waals surface area contributed by atoms with Gasteiger partial charge in [-0.1, -0.05) is 6.08 Å². The summed E-state index contributed by atoms with van der Waals surface area (Å²) in [5.41, 5.74) is 0.216. The lowest BCUT2D eigenvalue weighted by Crippen LogP contribution is -2.46. The number of nitrogens with zero attached hydrogens (tertiary/aromatic N) is 1. The highest BCUT2D eigenvalue weighted by Gasteiger charge is 2.38. The minimum absolute atomic E-state index is 0.216. The van der Waals surface area contributed by atoms with Gasteiger partial charge in [0.15, 0.2) is 5.54 Å². The van der Waals surface area contributed by atoms with Crippen molar-refractivity contribution in [2.75, 3.05) is 7.05 Å². The van der Waals surface area contributed by atoms with Crippen molar-refractivity contribution in [2.24, 2.45) is 0 Å². The smallest absolute Gasteiger partial charge is 0.337 e. The van der Waals surface area contributed by atoms with Gasteiger partial charge >= 0.3 is 5.90 Å². The van der Waals surface area contributed by atoms with Crippen LogP contribution in [-0.4, -0.2) is 29.2 Å². The number of ether oxygens (including phenoxy) is 1. The van der Waals surface area contributed by atoms with E-state index < -0.39 is 0 Å². The highest BCUT2D eigenvalue weighted by Crippen LogP contribution is 2.23. The topological polar surface area (TPSA) is 12.2 Å². The Balaban J connectivity index is 2.82. The van der Waals surface area contributed by atoms with Crippen molar-refractivity contribution in [3.63, 3.8) is 0 Å². The van der Waals surface area contributed by atoms with Crippen molar-refractivity contribution in [1.82, 2.24) is 0 Å². The van der Waals surface area contributed by atoms with Crippen molar-refractivity contribution >= 4 is 5.90 Å². The van der Waals surface area contributed by atoms with Crippen molar-refractivity contribution in [3.8, 4) is 0 Å². The summed E-state index contributed by atoms with van der Waals surface area (Å²) < 4.78 is 8.09. The highest BCUT2D eigenvalue weighted by atomic mass is 16.5. The molecule has 0 N–H and O–H groups in total. The average Bonchev–Trinajstić information content (AvgIpc) is 2.08. The van der Waals surface area contributed by atoms with Gasteiger partial charge in [-0.2, -0.15) is 0 Å². The van der Waals surface area contributed by atoms with Gasteiger partial charge in [0, 0.05) is 20.3 Å². The van der Waals surface area contributed by atoms with E-state index in [4.69, 9.17) is 4.74 Å². The van der Waals surface area contributed by atoms with E-state index in [9.17, 15) is 0 Å². The van der Waals surface area contributed by atoms with Crippen LogP contribution in [0.3, 0.4) is 0 Å². The molecule has 0 saturated heterocycles. The van der Waals surface area contributed by atoms with Gasteiger partial charge in [0.25, 0.3) is 0 Å². The summed E-state index contributed by atoms with van der Waals surface area (Å²) in [6, 6.07) is 0. The normalized spacial score (nSPS) is 25.9. The van der Waals surface area contributed by atoms with Gasteiger partial charge in [-0.25, -0.2) is 4.58 Å². The average molecular weight is 196 g/mol. The maximum absolute atomic E-state index is 5.83. The molecule has 0 aromatic rings. The molecule has 1 unspecified atom stereocenters. The first-order valence-corrected chi connectivity index (χ1v) is 5.34. The van der Waals surface area contributed by atoms with Crippen LogP contribution < -0.4 is 0 Å². The minimum Gasteiger partial charge on any atom is -0.445 e. The Morgan fingerprint density at radius 2 is 2.29 bits per heavy atom. The van der Waals surface area contributed by atoms with Gasteiger partial charge in [-0.3, -0.25) is 0 Å². The zero-order valence-electron chi connectivity index (χ0n) is 9.84. The minimum atomic E-state index is 0.216. The van der Waals surface area contributed by atoms with Crippen LogP contribution in [0.4, 0.5) is 0 Å². The summed E-state index contributed by atoms with van der Waals surface area (Å²) in [6.07, 6.45) is 5.31. The Morgan fingerprint density at radius 3 is 2.86 bits per heavy atom. The molecule has 0 saturated carbocycles. The summed E-state index contributed by atoms with van der Waals surface area (Å²) in [5.74, 6) is 1.11. The Hall–Kier alpha value is -0.790. The van der Waals surface area contributed by atoms with Crippen LogP contribution in [0.1, 0.15) is 40.0 Å². The summed E-state index contributed by atoms with van der Waals surface area (Å²) in [5, 5.41) is 0. The van der Waals surface area contributed by atoms with Crippen LogP contribution >= 0.6 is 0 Å². The van der Waals surface area contributed by atoms with Gasteiger partial charge in [0.05, 0.1) is 6.42 Å². The molecule has 80 valence electrons. The molecule has 2 heteroatoms. The van der Waals surface area contributed by atoms with Crippen molar-refractivity contribution in [3.05, 3.63) is 12.7 Å². The second-order valence-corrected chi connectivity index (χ2v) is 4.73. The van der Waals surface area contributed by atoms with E-state index in [0.717, 1.165) is 25.2 Å². The Kier molecular flexibility index (Phi) is 3.35. The summed E-state index contributed by atoms with van der Waals surface area (Å²) >= 11 is 0. The van der Waals surface area contributed by atoms with Crippen LogP contribution in [0.5, 0.6) is 0 Å². The van der Waals surface area contributed by atoms with E-state index in [0.29, 0.717) is 6.10 Å². The van der Waals surface area contributed by atoms with E-state index >= 15 is 0 Å². The van der Waals surface area contributed by atoms with E-state index in [-0.39, 0.29) is 5.54 Å². The monoisotopic (exact) mass is 196 g/mol. The number of rotatable bonds is 3. The molecule has 0 aliphatic carbocycles. The predicted octanol–water partition coefficient (Wildman–Crippen LogP) is 2.58. The molecule has 1 heterocycles. The van der Waals surface area contributed by atoms with Gasteiger partial charge < -0.3 is 4.74 Å². The first kappa shape index (κ1) is 11.3. The van der Waals surface area contributed by atoms with Gasteiger partial charge in [-0.15, -0.1) is 6.58 Å². The van der Waals surface area contributed by atoms with Gasteiger partial charge in [-0.05, 0) is 13.3 Å². The molecule has 0 spiro atoms. The van der Waals surface area contributed by atoms with Crippen LogP contribution in [0, 0.1) is 0 Å². The van der Waals surface area contributed by atoms with E-state index in [1.807, 2.05) is 6.08 Å². The van der Waals surface area contributed by atoms with E-state index in [1.54, 1.807) is 0 Å². The summed E-state index contributed by atoms with van der Waals surface area (Å²) in [6.45, 7) is 10.4. The van der Waals surface area contributed by atoms with E-state index in [1.165, 1.54) is 0 Å². The second-order valence-electron chi connectivity index (χ2n) is 4.73. The van der Waals surface area contributed by atoms with Gasteiger partial charge in [0.2, 0.25) is 0 Å². The van der Waals surface area contributed by atoms with Crippen LogP contribution in [0.2, 0.25) is 0 Å². The molecule has 0 aromatic carbocycles. The van der Waals surface area contributed by atoms with E-state index in [2.05, 4.69) is 39.0 Å². The molecule has 0 fully saturated rings. The lowest BCUT2D eigenvalue weighted by Gasteiger charge is -2.31. The lowest BCUT2D eigenvalue weighted by molar-refractivity contribution is -0.595. The molecule has 1 atom stereocenters. The Bertz CT molecular complexity index is 253. The number of hydrogen-bond donors (Lipinski definition) is 0. The summed E-state index contributed by atoms with van der Waals surface area (Å²) in [4.78, 5) is 0. The fourth-order valence-electron chi connectivity index (χ4n) is 1.98. The molecule has 1 aliphatic heterocycles. The molecular weight excluding hydrogens is 174 g/mol. The van der Waals surface area contributed by atoms with Crippen molar-refractivity contribution in [2.45, 2.75) is 51.7 Å². The quantitative estimate of drug-likeness (QED) is 0.499. The van der Waals surface area contributed by atoms with Crippen molar-refractivity contribution < 1.29 is 9.31 Å². The number of hydrogen-bond acceptors (Lipinski definition) is 1. The third kappa shape index (κ3) is 2.37. The maximum atomic E-state index is 5.83. The third-order valence-corrected chi connectivity index (χ3v) is 2.97. The molecule has 1 aliphatic rings. The van der Waals surface area contributed by atoms with Crippen molar-refractivity contribution in [1.29, 1.82) is 0 Å². The standard InChI is InChI=1S/C12H22NO/c1-6-7-8-11-13(5)12(3,4)9-10(2)14-11/h6,10H,1,7-9H2,2-5H3/q+1. The Morgan fingerprint density at radius 1 is 1.64 bits per heavy atom.